The Morgan fingerprint density at radius 1 is 1.29 bits per heavy atom. The number of rotatable bonds is 3. The fourth-order valence-corrected chi connectivity index (χ4v) is 2.38. The van der Waals surface area contributed by atoms with Crippen molar-refractivity contribution in [1.29, 1.82) is 0 Å². The van der Waals surface area contributed by atoms with Gasteiger partial charge >= 0.3 is 0 Å². The lowest BCUT2D eigenvalue weighted by Crippen LogP contribution is -2.48. The van der Waals surface area contributed by atoms with Crippen molar-refractivity contribution in [3.05, 3.63) is 41.5 Å². The van der Waals surface area contributed by atoms with Gasteiger partial charge in [0.25, 0.3) is 5.91 Å². The van der Waals surface area contributed by atoms with E-state index in [4.69, 9.17) is 0 Å². The summed E-state index contributed by atoms with van der Waals surface area (Å²) in [6.45, 7) is 8.36. The van der Waals surface area contributed by atoms with Crippen LogP contribution in [0.4, 0.5) is 5.69 Å². The van der Waals surface area contributed by atoms with Crippen LogP contribution >= 0.6 is 0 Å². The lowest BCUT2D eigenvalue weighted by Gasteiger charge is -2.26. The number of carbonyl (C=O) groups is 2. The first-order valence-corrected chi connectivity index (χ1v) is 7.26. The minimum atomic E-state index is -0.490. The van der Waals surface area contributed by atoms with Crippen molar-refractivity contribution in [2.75, 3.05) is 11.4 Å². The first kappa shape index (κ1) is 15.3. The first-order chi connectivity index (χ1) is 9.91. The number of carbonyl (C=O) groups excluding carboxylic acids is 2. The van der Waals surface area contributed by atoms with E-state index in [1.54, 1.807) is 11.0 Å². The van der Waals surface area contributed by atoms with Gasteiger partial charge in [-0.05, 0) is 31.9 Å². The van der Waals surface area contributed by atoms with Crippen LogP contribution in [0.15, 0.2) is 35.9 Å². The van der Waals surface area contributed by atoms with Crippen LogP contribution in [0.3, 0.4) is 0 Å². The number of fused-ring (bicyclic) bond motifs is 1. The Bertz CT molecular complexity index is 586. The predicted octanol–water partition coefficient (Wildman–Crippen LogP) is 2.75. The lowest BCUT2D eigenvalue weighted by molar-refractivity contribution is -0.121. The molecular formula is C17H22N2O2. The summed E-state index contributed by atoms with van der Waals surface area (Å²) < 4.78 is 0. The number of para-hydroxylation sites is 1. The molecule has 1 N–H and O–H groups in total. The maximum Gasteiger partial charge on any atom is 0.254 e. The van der Waals surface area contributed by atoms with Gasteiger partial charge in [-0.2, -0.15) is 0 Å². The molecule has 1 aromatic rings. The summed E-state index contributed by atoms with van der Waals surface area (Å²) in [5, 5.41) is 2.85. The van der Waals surface area contributed by atoms with Crippen LogP contribution in [0.5, 0.6) is 0 Å². The number of allylic oxidation sites excluding steroid dienone is 1. The average Bonchev–Trinajstić information content (AvgIpc) is 2.53. The summed E-state index contributed by atoms with van der Waals surface area (Å²) >= 11 is 0. The molecule has 4 nitrogen and oxygen atoms in total. The molecule has 1 aliphatic heterocycles. The molecule has 0 bridgehead atoms. The molecular weight excluding hydrogens is 264 g/mol. The highest BCUT2D eigenvalue weighted by Crippen LogP contribution is 2.25. The van der Waals surface area contributed by atoms with Crippen molar-refractivity contribution in [3.8, 4) is 0 Å². The Hall–Kier alpha value is -2.10. The fourth-order valence-electron chi connectivity index (χ4n) is 2.38. The lowest BCUT2D eigenvalue weighted by atomic mass is 10.0. The standard InChI is InChI=1S/C17H22N2O2/c1-11(2)9-10-19-14-8-6-5-7-13(14)16(20)18-15(12(3)4)17(19)21/h5-9,12,15H,10H2,1-4H3,(H,18,20). The van der Waals surface area contributed by atoms with Gasteiger partial charge in [0.2, 0.25) is 5.91 Å². The van der Waals surface area contributed by atoms with E-state index in [1.165, 1.54) is 0 Å². The minimum absolute atomic E-state index is 0.0463. The summed E-state index contributed by atoms with van der Waals surface area (Å²) in [5.41, 5.74) is 2.38. The van der Waals surface area contributed by atoms with Gasteiger partial charge in [-0.1, -0.05) is 37.6 Å². The number of hydrogen-bond donors (Lipinski definition) is 1. The minimum Gasteiger partial charge on any atom is -0.340 e. The Morgan fingerprint density at radius 2 is 1.95 bits per heavy atom. The molecule has 2 rings (SSSR count). The molecule has 4 heteroatoms. The van der Waals surface area contributed by atoms with E-state index < -0.39 is 6.04 Å². The molecule has 1 unspecified atom stereocenters. The largest absolute Gasteiger partial charge is 0.340 e. The van der Waals surface area contributed by atoms with Crippen molar-refractivity contribution >= 4 is 17.5 Å². The Balaban J connectivity index is 2.50. The third-order valence-corrected chi connectivity index (χ3v) is 3.61. The summed E-state index contributed by atoms with van der Waals surface area (Å²) in [6.07, 6.45) is 2.00. The van der Waals surface area contributed by atoms with Gasteiger partial charge in [-0.25, -0.2) is 0 Å². The Morgan fingerprint density at radius 3 is 2.57 bits per heavy atom. The average molecular weight is 286 g/mol. The van der Waals surface area contributed by atoms with E-state index >= 15 is 0 Å². The van der Waals surface area contributed by atoms with E-state index in [2.05, 4.69) is 5.32 Å². The zero-order valence-electron chi connectivity index (χ0n) is 13.0. The molecule has 0 saturated heterocycles. The molecule has 1 aliphatic rings. The Kier molecular flexibility index (Phi) is 4.46. The van der Waals surface area contributed by atoms with Crippen molar-refractivity contribution in [1.82, 2.24) is 5.32 Å². The monoisotopic (exact) mass is 286 g/mol. The molecule has 0 fully saturated rings. The molecule has 0 spiro atoms. The van der Waals surface area contributed by atoms with Crippen molar-refractivity contribution in [2.24, 2.45) is 5.92 Å². The second-order valence-electron chi connectivity index (χ2n) is 5.94. The first-order valence-electron chi connectivity index (χ1n) is 7.26. The van der Waals surface area contributed by atoms with E-state index in [1.807, 2.05) is 52.0 Å². The van der Waals surface area contributed by atoms with Crippen molar-refractivity contribution in [2.45, 2.75) is 33.7 Å². The predicted molar refractivity (Wildman–Crippen MR) is 84.3 cm³/mol. The van der Waals surface area contributed by atoms with Crippen LogP contribution in [0.25, 0.3) is 0 Å². The maximum absolute atomic E-state index is 12.8. The summed E-state index contributed by atoms with van der Waals surface area (Å²) in [7, 11) is 0. The molecule has 1 aromatic carbocycles. The molecule has 0 saturated carbocycles. The molecule has 21 heavy (non-hydrogen) atoms. The van der Waals surface area contributed by atoms with Gasteiger partial charge < -0.3 is 10.2 Å². The summed E-state index contributed by atoms with van der Waals surface area (Å²) in [6, 6.07) is 6.77. The Labute approximate surface area is 125 Å². The summed E-state index contributed by atoms with van der Waals surface area (Å²) in [5.74, 6) is -0.192. The third kappa shape index (κ3) is 3.15. The number of nitrogens with one attached hydrogen (secondary N) is 1. The topological polar surface area (TPSA) is 49.4 Å². The molecule has 0 radical (unpaired) electrons. The van der Waals surface area contributed by atoms with E-state index in [0.717, 1.165) is 5.57 Å². The summed E-state index contributed by atoms with van der Waals surface area (Å²) in [4.78, 5) is 26.8. The van der Waals surface area contributed by atoms with Crippen LogP contribution < -0.4 is 10.2 Å². The molecule has 0 aromatic heterocycles. The van der Waals surface area contributed by atoms with Gasteiger partial charge in [0.15, 0.2) is 0 Å². The van der Waals surface area contributed by atoms with Crippen LogP contribution in [0.1, 0.15) is 38.1 Å². The van der Waals surface area contributed by atoms with Crippen molar-refractivity contribution < 1.29 is 9.59 Å². The maximum atomic E-state index is 12.8. The van der Waals surface area contributed by atoms with E-state index in [0.29, 0.717) is 17.8 Å². The molecule has 2 amide bonds. The quantitative estimate of drug-likeness (QED) is 0.869. The number of hydrogen-bond acceptors (Lipinski definition) is 2. The highest BCUT2D eigenvalue weighted by Gasteiger charge is 2.34. The van der Waals surface area contributed by atoms with E-state index in [-0.39, 0.29) is 17.7 Å². The van der Waals surface area contributed by atoms with Crippen LogP contribution in [-0.2, 0) is 4.79 Å². The zero-order valence-corrected chi connectivity index (χ0v) is 13.0. The highest BCUT2D eigenvalue weighted by atomic mass is 16.2. The van der Waals surface area contributed by atoms with Crippen molar-refractivity contribution in [3.63, 3.8) is 0 Å². The number of benzene rings is 1. The number of anilines is 1. The molecule has 1 atom stereocenters. The molecule has 1 heterocycles. The van der Waals surface area contributed by atoms with Gasteiger partial charge in [-0.15, -0.1) is 0 Å². The normalized spacial score (nSPS) is 18.1. The SMILES string of the molecule is CC(C)=CCN1C(=O)C(C(C)C)NC(=O)c2ccccc21. The zero-order chi connectivity index (χ0) is 15.6. The van der Waals surface area contributed by atoms with Gasteiger partial charge in [0.05, 0.1) is 11.3 Å². The molecule has 0 aliphatic carbocycles. The number of amides is 2. The van der Waals surface area contributed by atoms with Gasteiger partial charge in [0.1, 0.15) is 6.04 Å². The van der Waals surface area contributed by atoms with Gasteiger partial charge in [0, 0.05) is 6.54 Å². The van der Waals surface area contributed by atoms with E-state index in [9.17, 15) is 9.59 Å². The highest BCUT2D eigenvalue weighted by molar-refractivity contribution is 6.11. The third-order valence-electron chi connectivity index (χ3n) is 3.61. The molecule has 112 valence electrons. The van der Waals surface area contributed by atoms with Crippen LogP contribution in [0.2, 0.25) is 0 Å². The fraction of sp³-hybridized carbons (Fsp3) is 0.412. The number of nitrogens with zero attached hydrogens (tertiary/aromatic N) is 1. The second-order valence-corrected chi connectivity index (χ2v) is 5.94. The van der Waals surface area contributed by atoms with Gasteiger partial charge in [-0.3, -0.25) is 9.59 Å². The van der Waals surface area contributed by atoms with Crippen LogP contribution in [0, 0.1) is 5.92 Å². The smallest absolute Gasteiger partial charge is 0.254 e. The second kappa shape index (κ2) is 6.12. The van der Waals surface area contributed by atoms with Crippen LogP contribution in [-0.4, -0.2) is 24.4 Å².